The standard InChI is InChI=1S/C39H24N4S/c1-3-12-25(13-4-1)37-40-38(26-14-5-2-6-15-26)42-39(41-37)27-16-11-17-28(24-27)43-32-20-9-7-18-29(32)30-22-23-34-35(36(30)43)31-19-8-10-21-33(31)44-34/h1-24H. The van der Waals surface area contributed by atoms with E-state index in [9.17, 15) is 0 Å². The summed E-state index contributed by atoms with van der Waals surface area (Å²) in [5, 5.41) is 5.07. The average molecular weight is 581 g/mol. The predicted molar refractivity (Wildman–Crippen MR) is 183 cm³/mol. The SMILES string of the molecule is c1ccc(-c2nc(-c3ccccc3)nc(-c3cccc(-n4c5ccccc5c5ccc6sc7ccccc7c6c54)c3)n2)cc1. The van der Waals surface area contributed by atoms with E-state index in [0.717, 1.165) is 22.4 Å². The van der Waals surface area contributed by atoms with Gasteiger partial charge in [-0.05, 0) is 30.3 Å². The molecular weight excluding hydrogens is 557 g/mol. The number of thiophene rings is 1. The Morgan fingerprint density at radius 3 is 1.75 bits per heavy atom. The molecule has 0 radical (unpaired) electrons. The summed E-state index contributed by atoms with van der Waals surface area (Å²) in [6, 6.07) is 50.8. The van der Waals surface area contributed by atoms with Crippen LogP contribution in [0.5, 0.6) is 0 Å². The van der Waals surface area contributed by atoms with E-state index in [2.05, 4.69) is 89.5 Å². The highest BCUT2D eigenvalue weighted by atomic mass is 32.1. The molecule has 44 heavy (non-hydrogen) atoms. The summed E-state index contributed by atoms with van der Waals surface area (Å²) in [6.45, 7) is 0. The third kappa shape index (κ3) is 3.94. The van der Waals surface area contributed by atoms with E-state index < -0.39 is 0 Å². The molecule has 9 rings (SSSR count). The van der Waals surface area contributed by atoms with Gasteiger partial charge < -0.3 is 4.57 Å². The molecule has 0 N–H and O–H groups in total. The van der Waals surface area contributed by atoms with Crippen LogP contribution in [0, 0.1) is 0 Å². The van der Waals surface area contributed by atoms with Crippen LogP contribution in [0.4, 0.5) is 0 Å². The molecule has 0 spiro atoms. The van der Waals surface area contributed by atoms with Gasteiger partial charge in [-0.25, -0.2) is 15.0 Å². The van der Waals surface area contributed by atoms with Gasteiger partial charge in [-0.3, -0.25) is 0 Å². The van der Waals surface area contributed by atoms with Crippen molar-refractivity contribution in [2.45, 2.75) is 0 Å². The summed E-state index contributed by atoms with van der Waals surface area (Å²) >= 11 is 1.85. The monoisotopic (exact) mass is 580 g/mol. The van der Waals surface area contributed by atoms with E-state index in [1.807, 2.05) is 72.0 Å². The number of nitrogens with zero attached hydrogens (tertiary/aromatic N) is 4. The zero-order valence-corrected chi connectivity index (χ0v) is 24.4. The quantitative estimate of drug-likeness (QED) is 0.208. The topological polar surface area (TPSA) is 43.6 Å². The summed E-state index contributed by atoms with van der Waals surface area (Å²) in [6.07, 6.45) is 0. The second kappa shape index (κ2) is 9.97. The smallest absolute Gasteiger partial charge is 0.164 e. The minimum atomic E-state index is 0.645. The molecule has 5 heteroatoms. The van der Waals surface area contributed by atoms with Gasteiger partial charge in [-0.1, -0.05) is 115 Å². The molecule has 4 nitrogen and oxygen atoms in total. The van der Waals surface area contributed by atoms with Crippen molar-refractivity contribution in [2.75, 3.05) is 0 Å². The second-order valence-electron chi connectivity index (χ2n) is 10.9. The lowest BCUT2D eigenvalue weighted by Crippen LogP contribution is -2.01. The van der Waals surface area contributed by atoms with E-state index in [1.165, 1.54) is 42.0 Å². The van der Waals surface area contributed by atoms with Gasteiger partial charge in [0.05, 0.1) is 11.0 Å². The van der Waals surface area contributed by atoms with E-state index in [1.54, 1.807) is 0 Å². The molecule has 3 heterocycles. The molecule has 0 aliphatic carbocycles. The first-order chi connectivity index (χ1) is 21.8. The predicted octanol–water partition coefficient (Wildman–Crippen LogP) is 10.3. The zero-order valence-electron chi connectivity index (χ0n) is 23.6. The van der Waals surface area contributed by atoms with Crippen molar-refractivity contribution >= 4 is 53.3 Å². The molecule has 6 aromatic carbocycles. The molecule has 0 atom stereocenters. The lowest BCUT2D eigenvalue weighted by molar-refractivity contribution is 1.07. The largest absolute Gasteiger partial charge is 0.309 e. The molecule has 0 aliphatic heterocycles. The third-order valence-corrected chi connectivity index (χ3v) is 9.37. The second-order valence-corrected chi connectivity index (χ2v) is 12.0. The minimum Gasteiger partial charge on any atom is -0.309 e. The summed E-state index contributed by atoms with van der Waals surface area (Å²) in [7, 11) is 0. The van der Waals surface area contributed by atoms with Gasteiger partial charge in [0.25, 0.3) is 0 Å². The van der Waals surface area contributed by atoms with Crippen molar-refractivity contribution in [3.63, 3.8) is 0 Å². The van der Waals surface area contributed by atoms with Gasteiger partial charge in [0, 0.05) is 53.3 Å². The summed E-state index contributed by atoms with van der Waals surface area (Å²) in [5.74, 6) is 1.96. The van der Waals surface area contributed by atoms with Gasteiger partial charge >= 0.3 is 0 Å². The molecular formula is C39H24N4S. The van der Waals surface area contributed by atoms with Crippen LogP contribution < -0.4 is 0 Å². The summed E-state index contributed by atoms with van der Waals surface area (Å²) in [4.78, 5) is 14.9. The Morgan fingerprint density at radius 2 is 1.02 bits per heavy atom. The first kappa shape index (κ1) is 24.9. The van der Waals surface area contributed by atoms with Gasteiger partial charge in [-0.2, -0.15) is 0 Å². The van der Waals surface area contributed by atoms with Crippen molar-refractivity contribution in [2.24, 2.45) is 0 Å². The minimum absolute atomic E-state index is 0.645. The van der Waals surface area contributed by atoms with Gasteiger partial charge in [0.2, 0.25) is 0 Å². The highest BCUT2D eigenvalue weighted by molar-refractivity contribution is 7.26. The zero-order chi connectivity index (χ0) is 29.0. The Bertz CT molecular complexity index is 2440. The van der Waals surface area contributed by atoms with Crippen LogP contribution in [0.15, 0.2) is 146 Å². The molecule has 0 fully saturated rings. The van der Waals surface area contributed by atoms with Crippen LogP contribution in [0.25, 0.3) is 81.8 Å². The first-order valence-electron chi connectivity index (χ1n) is 14.6. The van der Waals surface area contributed by atoms with Gasteiger partial charge in [0.15, 0.2) is 17.5 Å². The Balaban J connectivity index is 1.31. The fraction of sp³-hybridized carbons (Fsp3) is 0. The molecule has 0 saturated heterocycles. The fourth-order valence-corrected chi connectivity index (χ4v) is 7.36. The maximum Gasteiger partial charge on any atom is 0.164 e. The van der Waals surface area contributed by atoms with Crippen molar-refractivity contribution in [3.8, 4) is 39.9 Å². The molecule has 0 unspecified atom stereocenters. The van der Waals surface area contributed by atoms with Crippen LogP contribution in [-0.2, 0) is 0 Å². The van der Waals surface area contributed by atoms with Crippen LogP contribution in [0.2, 0.25) is 0 Å². The fourth-order valence-electron chi connectivity index (χ4n) is 6.26. The number of hydrogen-bond acceptors (Lipinski definition) is 4. The number of rotatable bonds is 4. The molecule has 0 aliphatic rings. The van der Waals surface area contributed by atoms with Gasteiger partial charge in [0.1, 0.15) is 0 Å². The van der Waals surface area contributed by atoms with Crippen LogP contribution in [-0.4, -0.2) is 19.5 Å². The van der Waals surface area contributed by atoms with Crippen LogP contribution in [0.3, 0.4) is 0 Å². The maximum atomic E-state index is 5.00. The molecule has 9 aromatic rings. The van der Waals surface area contributed by atoms with Crippen LogP contribution in [0.1, 0.15) is 0 Å². The van der Waals surface area contributed by atoms with Crippen molar-refractivity contribution in [1.82, 2.24) is 19.5 Å². The number of benzene rings is 6. The lowest BCUT2D eigenvalue weighted by atomic mass is 10.1. The molecule has 3 aromatic heterocycles. The number of aromatic nitrogens is 4. The number of hydrogen-bond donors (Lipinski definition) is 0. The van der Waals surface area contributed by atoms with E-state index in [4.69, 9.17) is 15.0 Å². The third-order valence-electron chi connectivity index (χ3n) is 8.24. The average Bonchev–Trinajstić information content (AvgIpc) is 3.65. The van der Waals surface area contributed by atoms with E-state index >= 15 is 0 Å². The molecule has 206 valence electrons. The summed E-state index contributed by atoms with van der Waals surface area (Å²) in [5.41, 5.74) is 6.32. The molecule has 0 bridgehead atoms. The van der Waals surface area contributed by atoms with E-state index in [0.29, 0.717) is 17.5 Å². The van der Waals surface area contributed by atoms with E-state index in [-0.39, 0.29) is 0 Å². The highest BCUT2D eigenvalue weighted by Crippen LogP contribution is 2.43. The Morgan fingerprint density at radius 1 is 0.432 bits per heavy atom. The van der Waals surface area contributed by atoms with Crippen LogP contribution >= 0.6 is 11.3 Å². The number of fused-ring (bicyclic) bond motifs is 7. The Labute approximate surface area is 257 Å². The highest BCUT2D eigenvalue weighted by Gasteiger charge is 2.19. The van der Waals surface area contributed by atoms with Crippen molar-refractivity contribution < 1.29 is 0 Å². The molecule has 0 saturated carbocycles. The molecule has 0 amide bonds. The summed E-state index contributed by atoms with van der Waals surface area (Å²) < 4.78 is 5.00. The normalized spacial score (nSPS) is 11.6. The number of para-hydroxylation sites is 1. The van der Waals surface area contributed by atoms with Crippen molar-refractivity contribution in [3.05, 3.63) is 146 Å². The Hall–Kier alpha value is -5.65. The Kier molecular flexibility index (Phi) is 5.64. The maximum absolute atomic E-state index is 5.00. The first-order valence-corrected chi connectivity index (χ1v) is 15.4. The van der Waals surface area contributed by atoms with Crippen molar-refractivity contribution in [1.29, 1.82) is 0 Å². The lowest BCUT2D eigenvalue weighted by Gasteiger charge is -2.12. The van der Waals surface area contributed by atoms with Gasteiger partial charge in [-0.15, -0.1) is 11.3 Å².